The molecule has 164 valence electrons. The van der Waals surface area contributed by atoms with Crippen LogP contribution in [0.5, 0.6) is 5.75 Å². The van der Waals surface area contributed by atoms with Gasteiger partial charge in [-0.25, -0.2) is 25.4 Å². The molecular weight excluding hydrogens is 430 g/mol. The first-order valence-corrected chi connectivity index (χ1v) is 11.7. The Morgan fingerprint density at radius 3 is 2.03 bits per heavy atom. The third-order valence-electron chi connectivity index (χ3n) is 4.42. The van der Waals surface area contributed by atoms with Crippen LogP contribution < -0.4 is 10.1 Å². The number of benzene rings is 2. The van der Waals surface area contributed by atoms with Gasteiger partial charge < -0.3 is 10.1 Å². The molecule has 30 heavy (non-hydrogen) atoms. The molecule has 1 N–H and O–H groups in total. The topological polar surface area (TPSA) is 113 Å². The first-order valence-electron chi connectivity index (χ1n) is 8.77. The van der Waals surface area contributed by atoms with Crippen LogP contribution in [-0.2, 0) is 20.0 Å². The second kappa shape index (κ2) is 8.72. The highest BCUT2D eigenvalue weighted by Gasteiger charge is 2.24. The van der Waals surface area contributed by atoms with Crippen LogP contribution >= 0.6 is 0 Å². The first kappa shape index (κ1) is 23.8. The number of hydrogen-bond acceptors (Lipinski definition) is 6. The summed E-state index contributed by atoms with van der Waals surface area (Å²) >= 11 is 0. The lowest BCUT2D eigenvalue weighted by Gasteiger charge is -2.16. The van der Waals surface area contributed by atoms with Crippen LogP contribution in [0.15, 0.2) is 46.2 Å². The average Bonchev–Trinajstić information content (AvgIpc) is 2.68. The van der Waals surface area contributed by atoms with Crippen molar-refractivity contribution < 1.29 is 26.4 Å². The standard InChI is InChI=1S/C19H25N3O6S2/c1-13-7-9-15(29(24,25)21(2)3)12-16(13)20-19(23)14-8-10-17(28-6)18(11-14)30(26,27)22(4)5/h7-12H,1-6H3,(H,20,23). The zero-order valence-corrected chi connectivity index (χ0v) is 19.3. The van der Waals surface area contributed by atoms with Gasteiger partial charge in [-0.15, -0.1) is 0 Å². The van der Waals surface area contributed by atoms with E-state index in [9.17, 15) is 21.6 Å². The molecule has 0 saturated heterocycles. The molecule has 0 aromatic heterocycles. The molecular formula is C19H25N3O6S2. The molecule has 0 aliphatic carbocycles. The van der Waals surface area contributed by atoms with Gasteiger partial charge in [0.25, 0.3) is 5.91 Å². The molecule has 11 heteroatoms. The lowest BCUT2D eigenvalue weighted by atomic mass is 10.1. The summed E-state index contributed by atoms with van der Waals surface area (Å²) in [5.74, 6) is -0.481. The van der Waals surface area contributed by atoms with E-state index in [0.29, 0.717) is 11.3 Å². The van der Waals surface area contributed by atoms with Crippen molar-refractivity contribution in [3.05, 3.63) is 47.5 Å². The summed E-state index contributed by atoms with van der Waals surface area (Å²) < 4.78 is 57.1. The lowest BCUT2D eigenvalue weighted by Crippen LogP contribution is -2.24. The molecule has 0 spiro atoms. The van der Waals surface area contributed by atoms with Gasteiger partial charge in [-0.1, -0.05) is 6.07 Å². The molecule has 0 heterocycles. The minimum Gasteiger partial charge on any atom is -0.495 e. The van der Waals surface area contributed by atoms with Crippen LogP contribution in [0, 0.1) is 6.92 Å². The number of amides is 1. The van der Waals surface area contributed by atoms with E-state index in [1.165, 1.54) is 65.6 Å². The van der Waals surface area contributed by atoms with Crippen molar-refractivity contribution in [1.29, 1.82) is 0 Å². The van der Waals surface area contributed by atoms with E-state index in [1.807, 2.05) is 0 Å². The van der Waals surface area contributed by atoms with E-state index < -0.39 is 26.0 Å². The number of methoxy groups -OCH3 is 1. The predicted octanol–water partition coefficient (Wildman–Crippen LogP) is 1.76. The first-order chi connectivity index (χ1) is 13.8. The molecule has 0 radical (unpaired) electrons. The van der Waals surface area contributed by atoms with Gasteiger partial charge in [-0.3, -0.25) is 4.79 Å². The average molecular weight is 456 g/mol. The molecule has 0 atom stereocenters. The van der Waals surface area contributed by atoms with Gasteiger partial charge >= 0.3 is 0 Å². The predicted molar refractivity (Wildman–Crippen MR) is 114 cm³/mol. The summed E-state index contributed by atoms with van der Waals surface area (Å²) in [6, 6.07) is 8.45. The summed E-state index contributed by atoms with van der Waals surface area (Å²) in [6.45, 7) is 1.72. The molecule has 0 aliphatic rings. The Kier molecular flexibility index (Phi) is 6.92. The maximum Gasteiger partial charge on any atom is 0.255 e. The van der Waals surface area contributed by atoms with Crippen molar-refractivity contribution in [3.8, 4) is 5.75 Å². The molecule has 0 aliphatic heterocycles. The van der Waals surface area contributed by atoms with Gasteiger partial charge in [0.2, 0.25) is 20.0 Å². The van der Waals surface area contributed by atoms with Crippen molar-refractivity contribution >= 4 is 31.6 Å². The van der Waals surface area contributed by atoms with Gasteiger partial charge in [0.15, 0.2) is 0 Å². The number of aryl methyl sites for hydroxylation is 1. The number of carbonyl (C=O) groups is 1. The van der Waals surface area contributed by atoms with Crippen molar-refractivity contribution in [2.45, 2.75) is 16.7 Å². The fraction of sp³-hybridized carbons (Fsp3) is 0.316. The number of rotatable bonds is 7. The van der Waals surface area contributed by atoms with Crippen LogP contribution in [0.4, 0.5) is 5.69 Å². The molecule has 2 aromatic carbocycles. The Hall–Kier alpha value is -2.47. The van der Waals surface area contributed by atoms with E-state index in [4.69, 9.17) is 4.74 Å². The highest BCUT2D eigenvalue weighted by Crippen LogP contribution is 2.28. The summed E-state index contributed by atoms with van der Waals surface area (Å²) in [7, 11) is -0.611. The maximum absolute atomic E-state index is 12.8. The monoisotopic (exact) mass is 455 g/mol. The number of anilines is 1. The Bertz CT molecular complexity index is 1170. The zero-order chi connectivity index (χ0) is 22.9. The van der Waals surface area contributed by atoms with Crippen LogP contribution in [0.3, 0.4) is 0 Å². The van der Waals surface area contributed by atoms with E-state index in [1.54, 1.807) is 13.0 Å². The van der Waals surface area contributed by atoms with E-state index in [2.05, 4.69) is 5.32 Å². The largest absolute Gasteiger partial charge is 0.495 e. The second-order valence-corrected chi connectivity index (χ2v) is 11.1. The number of sulfonamides is 2. The minimum absolute atomic E-state index is 0.0269. The van der Waals surface area contributed by atoms with Crippen LogP contribution in [-0.4, -0.2) is 66.7 Å². The van der Waals surface area contributed by atoms with Crippen molar-refractivity contribution in [1.82, 2.24) is 8.61 Å². The summed E-state index contributed by atoms with van der Waals surface area (Å²) in [5.41, 5.74) is 1.03. The van der Waals surface area contributed by atoms with Gasteiger partial charge in [0, 0.05) is 39.4 Å². The number of nitrogens with zero attached hydrogens (tertiary/aromatic N) is 2. The number of hydrogen-bond donors (Lipinski definition) is 1. The van der Waals surface area contributed by atoms with Gasteiger partial charge in [0.1, 0.15) is 10.6 Å². The summed E-state index contributed by atoms with van der Waals surface area (Å²) in [4.78, 5) is 12.7. The third kappa shape index (κ3) is 4.64. The molecule has 0 unspecified atom stereocenters. The van der Waals surface area contributed by atoms with Crippen molar-refractivity contribution in [2.75, 3.05) is 40.6 Å². The SMILES string of the molecule is COc1ccc(C(=O)Nc2cc(S(=O)(=O)N(C)C)ccc2C)cc1S(=O)(=O)N(C)C. The number of ether oxygens (including phenoxy) is 1. The van der Waals surface area contributed by atoms with E-state index >= 15 is 0 Å². The molecule has 9 nitrogen and oxygen atoms in total. The van der Waals surface area contributed by atoms with E-state index in [0.717, 1.165) is 8.61 Å². The molecule has 0 bridgehead atoms. The second-order valence-electron chi connectivity index (χ2n) is 6.87. The number of nitrogens with one attached hydrogen (secondary N) is 1. The normalized spacial score (nSPS) is 12.3. The van der Waals surface area contributed by atoms with Gasteiger partial charge in [0.05, 0.1) is 12.0 Å². The molecule has 0 saturated carbocycles. The Morgan fingerprint density at radius 2 is 1.50 bits per heavy atom. The highest BCUT2D eigenvalue weighted by atomic mass is 32.2. The summed E-state index contributed by atoms with van der Waals surface area (Å²) in [5, 5.41) is 2.65. The smallest absolute Gasteiger partial charge is 0.255 e. The minimum atomic E-state index is -3.85. The Morgan fingerprint density at radius 1 is 0.900 bits per heavy atom. The van der Waals surface area contributed by atoms with E-state index in [-0.39, 0.29) is 21.1 Å². The zero-order valence-electron chi connectivity index (χ0n) is 17.6. The lowest BCUT2D eigenvalue weighted by molar-refractivity contribution is 0.102. The fourth-order valence-corrected chi connectivity index (χ4v) is 4.52. The van der Waals surface area contributed by atoms with Crippen molar-refractivity contribution in [3.63, 3.8) is 0 Å². The maximum atomic E-state index is 12.8. The molecule has 0 fully saturated rings. The molecule has 2 aromatic rings. The quantitative estimate of drug-likeness (QED) is 0.681. The number of carbonyl (C=O) groups excluding carboxylic acids is 1. The Balaban J connectivity index is 2.47. The third-order valence-corrected chi connectivity index (χ3v) is 8.07. The highest BCUT2D eigenvalue weighted by molar-refractivity contribution is 7.89. The van der Waals surface area contributed by atoms with Gasteiger partial charge in [-0.2, -0.15) is 0 Å². The van der Waals surface area contributed by atoms with Crippen LogP contribution in [0.25, 0.3) is 0 Å². The van der Waals surface area contributed by atoms with Gasteiger partial charge in [-0.05, 0) is 42.8 Å². The van der Waals surface area contributed by atoms with Crippen LogP contribution in [0.2, 0.25) is 0 Å². The molecule has 1 amide bonds. The van der Waals surface area contributed by atoms with Crippen molar-refractivity contribution in [2.24, 2.45) is 0 Å². The Labute approximate surface area is 177 Å². The molecule has 2 rings (SSSR count). The van der Waals surface area contributed by atoms with Crippen LogP contribution in [0.1, 0.15) is 15.9 Å². The fourth-order valence-electron chi connectivity index (χ4n) is 2.52. The summed E-state index contributed by atoms with van der Waals surface area (Å²) in [6.07, 6.45) is 0.